The number of carbonyl (C=O) groups excluding carboxylic acids is 4. The summed E-state index contributed by atoms with van der Waals surface area (Å²) in [5.41, 5.74) is 0.927. The van der Waals surface area contributed by atoms with E-state index in [2.05, 4.69) is 27.2 Å². The maximum Gasteiger partial charge on any atom is 0.335 e. The molecule has 3 heterocycles. The van der Waals surface area contributed by atoms with Gasteiger partial charge in [-0.1, -0.05) is 97.3 Å². The summed E-state index contributed by atoms with van der Waals surface area (Å²) in [5, 5.41) is 35.0. The minimum Gasteiger partial charge on any atom is -0.508 e. The molecule has 0 fully saturated rings. The van der Waals surface area contributed by atoms with Crippen LogP contribution in [0.3, 0.4) is 0 Å². The van der Waals surface area contributed by atoms with Crippen molar-refractivity contribution in [2.45, 2.75) is 42.7 Å². The number of para-hydroxylation sites is 3. The minimum atomic E-state index is -1.41. The van der Waals surface area contributed by atoms with Crippen LogP contribution in [0, 0.1) is 69.8 Å². The monoisotopic (exact) mass is 1810 g/mol. The van der Waals surface area contributed by atoms with Crippen molar-refractivity contribution in [2.75, 3.05) is 48.7 Å². The molecule has 656 valence electrons. The molecule has 0 saturated carbocycles. The van der Waals surface area contributed by atoms with E-state index in [1.807, 2.05) is 6.92 Å². The van der Waals surface area contributed by atoms with Crippen LogP contribution in [0.2, 0.25) is 0 Å². The molecule has 0 spiro atoms. The van der Waals surface area contributed by atoms with Crippen molar-refractivity contribution < 1.29 is 125 Å². The molecule has 14 rings (SSSR count). The molecule has 4 amide bonds. The Hall–Kier alpha value is -14.1. The van der Waals surface area contributed by atoms with E-state index in [1.165, 1.54) is 120 Å². The average Bonchev–Trinajstić information content (AvgIpc) is 1.65. The van der Waals surface area contributed by atoms with Gasteiger partial charge in [0.15, 0.2) is 41.1 Å². The fourth-order valence-electron chi connectivity index (χ4n) is 12.8. The van der Waals surface area contributed by atoms with Crippen LogP contribution in [-0.4, -0.2) is 119 Å². The number of thioether (sulfide) groups is 3. The standard InChI is InChI=1S/C32H24F4N2O5S.C31H22F4N2O6S.C27H23F4N3O4S/c1-17(39)19-7-8-20(27(13-19)41-2)16-43-26-6-4-5-23(29(26)42-3)32-38(31(40)28-24(35)14-22(34)15-25(28)36)37-30(44-32)18-9-11-21(33)12-10-18;1-41-21-11-16(10-18(12-21)31(39)40)15-43-25-5-3-4-22(27(25)42-2)30-37(29(38)26-23(34)13-20(33)14-24(26)35)36-28(44-30)17-6-8-19(32)9-7-17;1-3-11-32-22(35)14-38-21-6-4-5-18(24(21)37-2)27-34(26(36)23-19(30)12-17(29)13-20(23)31)33-25(39-27)15-7-9-16(28)10-8-15/h4-15,32,39H,1,16H2,2-3H3;3-14,30H,15H2,1-2H3,(H,39,40);4-10,12-13,27H,3,11,14H2,1-2H3,(H,32,35). The molecule has 11 aromatic carbocycles. The second kappa shape index (κ2) is 41.2. The van der Waals surface area contributed by atoms with Crippen LogP contribution < -0.4 is 43.2 Å². The molecule has 3 aliphatic heterocycles. The van der Waals surface area contributed by atoms with Crippen LogP contribution in [0.5, 0.6) is 46.0 Å². The molecule has 127 heavy (non-hydrogen) atoms. The summed E-state index contributed by atoms with van der Waals surface area (Å²) in [6.45, 7) is 5.52. The first-order valence-electron chi connectivity index (χ1n) is 37.5. The van der Waals surface area contributed by atoms with Crippen LogP contribution in [0.25, 0.3) is 5.76 Å². The Bertz CT molecular complexity index is 6080. The Morgan fingerprint density at radius 1 is 0.402 bits per heavy atom. The lowest BCUT2D eigenvalue weighted by atomic mass is 10.1. The Morgan fingerprint density at radius 3 is 1.09 bits per heavy atom. The van der Waals surface area contributed by atoms with Gasteiger partial charge < -0.3 is 53.4 Å². The van der Waals surface area contributed by atoms with Crippen LogP contribution in [0.1, 0.15) is 121 Å². The second-order valence-corrected chi connectivity index (χ2v) is 30.2. The summed E-state index contributed by atoms with van der Waals surface area (Å²) < 4.78 is 215. The van der Waals surface area contributed by atoms with E-state index in [9.17, 15) is 86.9 Å². The van der Waals surface area contributed by atoms with Crippen LogP contribution in [0.4, 0.5) is 52.7 Å². The molecule has 0 saturated heterocycles. The molecule has 0 aromatic heterocycles. The molecular formula is C90H69F12N7O15S3. The van der Waals surface area contributed by atoms with Gasteiger partial charge in [0.1, 0.15) is 148 Å². The van der Waals surface area contributed by atoms with Crippen LogP contribution >= 0.6 is 35.3 Å². The van der Waals surface area contributed by atoms with Crippen molar-refractivity contribution in [2.24, 2.45) is 15.3 Å². The largest absolute Gasteiger partial charge is 0.508 e. The molecule has 3 aliphatic rings. The minimum absolute atomic E-state index is 0.00842. The van der Waals surface area contributed by atoms with Gasteiger partial charge in [-0.3, -0.25) is 19.2 Å². The average molecular weight is 1810 g/mol. The van der Waals surface area contributed by atoms with E-state index in [1.54, 1.807) is 78.9 Å². The molecule has 0 aliphatic carbocycles. The fraction of sp³-hybridized carbons (Fsp3) is 0.156. The molecule has 11 aromatic rings. The first-order chi connectivity index (χ1) is 60.9. The highest BCUT2D eigenvalue weighted by molar-refractivity contribution is 8.15. The molecule has 3 atom stereocenters. The molecule has 0 radical (unpaired) electrons. The smallest absolute Gasteiger partial charge is 0.335 e. The number of halogens is 12. The maximum atomic E-state index is 14.7. The number of carbonyl (C=O) groups is 5. The molecular weight excluding hydrogens is 1740 g/mol. The molecule has 3 unspecified atom stereocenters. The number of aromatic carboxylic acids is 1. The Kier molecular flexibility index (Phi) is 29.9. The number of aliphatic hydroxyl groups is 1. The van der Waals surface area contributed by atoms with Crippen molar-refractivity contribution in [1.82, 2.24) is 20.3 Å². The van der Waals surface area contributed by atoms with Crippen molar-refractivity contribution in [1.29, 1.82) is 0 Å². The second-order valence-electron chi connectivity index (χ2n) is 27.0. The number of aliphatic hydroxyl groups excluding tert-OH is 1. The molecule has 22 nitrogen and oxygen atoms in total. The lowest BCUT2D eigenvalue weighted by Crippen LogP contribution is -2.29. The fourth-order valence-corrected chi connectivity index (χ4v) is 16.3. The third-order valence-electron chi connectivity index (χ3n) is 18.7. The summed E-state index contributed by atoms with van der Waals surface area (Å²) in [5.74, 6) is -16.7. The number of rotatable bonds is 27. The zero-order valence-electron chi connectivity index (χ0n) is 67.2. The van der Waals surface area contributed by atoms with Gasteiger partial charge in [0, 0.05) is 87.5 Å². The van der Waals surface area contributed by atoms with Crippen molar-refractivity contribution in [3.8, 4) is 46.0 Å². The number of hydrogen-bond acceptors (Lipinski definition) is 20. The van der Waals surface area contributed by atoms with E-state index in [0.29, 0.717) is 105 Å². The van der Waals surface area contributed by atoms with E-state index in [-0.39, 0.29) is 86.7 Å². The number of nitrogens with zero attached hydrogens (tertiary/aromatic N) is 6. The third-order valence-corrected chi connectivity index (χ3v) is 22.4. The highest BCUT2D eigenvalue weighted by Crippen LogP contribution is 2.52. The van der Waals surface area contributed by atoms with Gasteiger partial charge in [-0.2, -0.15) is 15.3 Å². The number of ether oxygens (including phenoxy) is 8. The number of amides is 4. The predicted octanol–water partition coefficient (Wildman–Crippen LogP) is 19.8. The van der Waals surface area contributed by atoms with E-state index in [4.69, 9.17) is 37.9 Å². The van der Waals surface area contributed by atoms with Gasteiger partial charge in [0.2, 0.25) is 0 Å². The lowest BCUT2D eigenvalue weighted by molar-refractivity contribution is -0.123. The highest BCUT2D eigenvalue weighted by atomic mass is 32.2. The first kappa shape index (κ1) is 92.1. The van der Waals surface area contributed by atoms with Crippen LogP contribution in [0.15, 0.2) is 222 Å². The first-order valence-corrected chi connectivity index (χ1v) is 40.2. The SMILES string of the molecule is C=C(O)c1ccc(COc2cccc(C3SC(c4ccc(F)cc4)=NN3C(=O)c3c(F)cc(F)cc3F)c2OC)c(OC)c1.CCCNC(=O)COc1cccc(C2SC(c3ccc(F)cc3)=NN2C(=O)c2c(F)cc(F)cc2F)c1OC.COc1cc(COc2cccc(C3SC(c4ccc(F)cc4)=NN3C(=O)c3c(F)cc(F)cc3F)c2OC)cc(C(=O)O)c1. The van der Waals surface area contributed by atoms with Gasteiger partial charge in [0.05, 0.1) is 41.1 Å². The summed E-state index contributed by atoms with van der Waals surface area (Å²) in [7, 11) is 6.97. The van der Waals surface area contributed by atoms with E-state index >= 15 is 0 Å². The third kappa shape index (κ3) is 21.3. The lowest BCUT2D eigenvalue weighted by Gasteiger charge is -2.24. The van der Waals surface area contributed by atoms with Gasteiger partial charge in [-0.25, -0.2) is 72.5 Å². The number of hydrazone groups is 3. The number of methoxy groups -OCH3 is 5. The number of carboxylic acids is 1. The van der Waals surface area contributed by atoms with Gasteiger partial charge in [-0.05, 0) is 127 Å². The molecule has 0 bridgehead atoms. The number of carboxylic acid groups (broad SMARTS) is 1. The quantitative estimate of drug-likeness (QED) is 0.0319. The Labute approximate surface area is 728 Å². The maximum absolute atomic E-state index is 14.7. The van der Waals surface area contributed by atoms with Crippen molar-refractivity contribution >= 4 is 85.8 Å². The Balaban J connectivity index is 0.000000173. The van der Waals surface area contributed by atoms with E-state index < -0.39 is 126 Å². The van der Waals surface area contributed by atoms with Gasteiger partial charge in [-0.15, -0.1) is 0 Å². The summed E-state index contributed by atoms with van der Waals surface area (Å²) in [6.07, 6.45) is 0.749. The summed E-state index contributed by atoms with van der Waals surface area (Å²) >= 11 is 3.13. The van der Waals surface area contributed by atoms with Gasteiger partial charge >= 0.3 is 5.97 Å². The number of benzene rings is 11. The van der Waals surface area contributed by atoms with Crippen molar-refractivity contribution in [3.63, 3.8) is 0 Å². The van der Waals surface area contributed by atoms with Gasteiger partial charge in [0.25, 0.3) is 23.6 Å². The molecule has 3 N–H and O–H groups in total. The summed E-state index contributed by atoms with van der Waals surface area (Å²) in [4.78, 5) is 64.2. The topological polar surface area (TPSA) is 258 Å². The Morgan fingerprint density at radius 2 is 0.764 bits per heavy atom. The van der Waals surface area contributed by atoms with Crippen molar-refractivity contribution in [3.05, 3.63) is 349 Å². The highest BCUT2D eigenvalue weighted by Gasteiger charge is 2.43. The number of hydrogen-bond donors (Lipinski definition) is 3. The van der Waals surface area contributed by atoms with Crippen LogP contribution in [-0.2, 0) is 18.0 Å². The molecule has 37 heteroatoms. The normalized spacial score (nSPS) is 14.4. The zero-order chi connectivity index (χ0) is 91.2. The summed E-state index contributed by atoms with van der Waals surface area (Å²) in [6, 6.07) is 42.0. The number of nitrogens with one attached hydrogen (secondary N) is 1. The van der Waals surface area contributed by atoms with E-state index in [0.717, 1.165) is 56.7 Å². The predicted molar refractivity (Wildman–Crippen MR) is 448 cm³/mol. The zero-order valence-corrected chi connectivity index (χ0v) is 69.6.